The summed E-state index contributed by atoms with van der Waals surface area (Å²) in [5.41, 5.74) is 6.72. The summed E-state index contributed by atoms with van der Waals surface area (Å²) in [5, 5.41) is 3.50. The van der Waals surface area contributed by atoms with Crippen molar-refractivity contribution in [2.45, 2.75) is 20.3 Å². The van der Waals surface area contributed by atoms with Gasteiger partial charge in [-0.1, -0.05) is 37.0 Å². The van der Waals surface area contributed by atoms with Gasteiger partial charge in [0.2, 0.25) is 0 Å². The van der Waals surface area contributed by atoms with Gasteiger partial charge in [-0.15, -0.1) is 0 Å². The summed E-state index contributed by atoms with van der Waals surface area (Å²) in [6.45, 7) is 5.08. The van der Waals surface area contributed by atoms with Crippen LogP contribution in [0.25, 0.3) is 0 Å². The van der Waals surface area contributed by atoms with Crippen molar-refractivity contribution in [1.29, 1.82) is 0 Å². The van der Waals surface area contributed by atoms with E-state index in [9.17, 15) is 4.79 Å². The Hall–Kier alpha value is -0.930. The van der Waals surface area contributed by atoms with Crippen molar-refractivity contribution in [2.24, 2.45) is 11.3 Å². The van der Waals surface area contributed by atoms with Crippen LogP contribution in [0.3, 0.4) is 0 Å². The van der Waals surface area contributed by atoms with Gasteiger partial charge in [0.25, 0.3) is 5.91 Å². The molecule has 0 spiro atoms. The number of hydrogen-bond acceptors (Lipinski definition) is 2. The average Bonchev–Trinajstić information content (AvgIpc) is 2.90. The number of nitrogens with two attached hydrogens (primary N) is 1. The molecule has 1 aromatic carbocycles. The molecule has 3 nitrogen and oxygen atoms in total. The number of halogens is 2. The van der Waals surface area contributed by atoms with Crippen LogP contribution in [0.1, 0.15) is 30.6 Å². The SMILES string of the molecule is CC1(C)CC1CNC(=O)c1cc(Cl)c(N)c(Cl)c1. The molecule has 1 fully saturated rings. The van der Waals surface area contributed by atoms with E-state index in [4.69, 9.17) is 28.9 Å². The van der Waals surface area contributed by atoms with Crippen molar-refractivity contribution in [3.05, 3.63) is 27.7 Å². The second-order valence-corrected chi connectivity index (χ2v) is 6.27. The number of nitrogen functional groups attached to an aromatic ring is 1. The van der Waals surface area contributed by atoms with Gasteiger partial charge in [0, 0.05) is 12.1 Å². The van der Waals surface area contributed by atoms with Crippen molar-refractivity contribution in [1.82, 2.24) is 5.32 Å². The maximum atomic E-state index is 11.9. The summed E-state index contributed by atoms with van der Waals surface area (Å²) in [5.74, 6) is 0.391. The molecule has 1 atom stereocenters. The molecule has 1 unspecified atom stereocenters. The second kappa shape index (κ2) is 4.63. The van der Waals surface area contributed by atoms with E-state index >= 15 is 0 Å². The molecule has 0 heterocycles. The predicted octanol–water partition coefficient (Wildman–Crippen LogP) is 3.35. The van der Waals surface area contributed by atoms with E-state index in [0.29, 0.717) is 39.2 Å². The van der Waals surface area contributed by atoms with Crippen LogP contribution in [0.15, 0.2) is 12.1 Å². The molecule has 1 aliphatic carbocycles. The molecule has 1 amide bonds. The lowest BCUT2D eigenvalue weighted by Crippen LogP contribution is -2.26. The molecule has 0 aliphatic heterocycles. The molecule has 3 N–H and O–H groups in total. The first-order chi connectivity index (χ1) is 8.31. The molecule has 98 valence electrons. The first kappa shape index (κ1) is 13.5. The van der Waals surface area contributed by atoms with E-state index in [1.807, 2.05) is 0 Å². The van der Waals surface area contributed by atoms with Crippen LogP contribution >= 0.6 is 23.2 Å². The zero-order chi connectivity index (χ0) is 13.5. The molecule has 0 radical (unpaired) electrons. The zero-order valence-electron chi connectivity index (χ0n) is 10.4. The molecular weight excluding hydrogens is 271 g/mol. The Morgan fingerprint density at radius 2 is 1.94 bits per heavy atom. The van der Waals surface area contributed by atoms with Crippen molar-refractivity contribution in [2.75, 3.05) is 12.3 Å². The monoisotopic (exact) mass is 286 g/mol. The number of hydrogen-bond donors (Lipinski definition) is 2. The summed E-state index contributed by atoms with van der Waals surface area (Å²) in [4.78, 5) is 11.9. The van der Waals surface area contributed by atoms with Gasteiger partial charge < -0.3 is 11.1 Å². The van der Waals surface area contributed by atoms with E-state index in [1.54, 1.807) is 0 Å². The topological polar surface area (TPSA) is 55.1 Å². The maximum absolute atomic E-state index is 11.9. The van der Waals surface area contributed by atoms with Gasteiger partial charge in [-0.05, 0) is 29.9 Å². The third-order valence-electron chi connectivity index (χ3n) is 3.57. The fourth-order valence-corrected chi connectivity index (χ4v) is 2.45. The number of anilines is 1. The van der Waals surface area contributed by atoms with E-state index < -0.39 is 0 Å². The Morgan fingerprint density at radius 1 is 1.44 bits per heavy atom. The van der Waals surface area contributed by atoms with Crippen LogP contribution in [0.5, 0.6) is 0 Å². The number of benzene rings is 1. The zero-order valence-corrected chi connectivity index (χ0v) is 11.9. The average molecular weight is 287 g/mol. The molecule has 1 aliphatic rings. The summed E-state index contributed by atoms with van der Waals surface area (Å²) in [6, 6.07) is 3.08. The lowest BCUT2D eigenvalue weighted by molar-refractivity contribution is 0.0950. The summed E-state index contributed by atoms with van der Waals surface area (Å²) in [6.07, 6.45) is 1.15. The minimum Gasteiger partial charge on any atom is -0.396 e. The summed E-state index contributed by atoms with van der Waals surface area (Å²) < 4.78 is 0. The van der Waals surface area contributed by atoms with E-state index in [1.165, 1.54) is 12.1 Å². The van der Waals surface area contributed by atoms with Crippen LogP contribution in [-0.4, -0.2) is 12.5 Å². The molecule has 0 aromatic heterocycles. The van der Waals surface area contributed by atoms with Crippen LogP contribution in [0, 0.1) is 11.3 Å². The minimum atomic E-state index is -0.165. The van der Waals surface area contributed by atoms with Gasteiger partial charge in [-0.25, -0.2) is 0 Å². The van der Waals surface area contributed by atoms with Gasteiger partial charge in [0.05, 0.1) is 15.7 Å². The van der Waals surface area contributed by atoms with E-state index in [0.717, 1.165) is 6.42 Å². The number of carbonyl (C=O) groups excluding carboxylic acids is 1. The first-order valence-corrected chi connectivity index (χ1v) is 6.59. The van der Waals surface area contributed by atoms with Gasteiger partial charge in [0.1, 0.15) is 0 Å². The van der Waals surface area contributed by atoms with Crippen LogP contribution in [-0.2, 0) is 0 Å². The predicted molar refractivity (Wildman–Crippen MR) is 75.1 cm³/mol. The Morgan fingerprint density at radius 3 is 2.39 bits per heavy atom. The van der Waals surface area contributed by atoms with Gasteiger partial charge in [-0.2, -0.15) is 0 Å². The third kappa shape index (κ3) is 2.73. The van der Waals surface area contributed by atoms with Crippen LogP contribution < -0.4 is 11.1 Å². The quantitative estimate of drug-likeness (QED) is 0.838. The Balaban J connectivity index is 2.01. The number of carbonyl (C=O) groups is 1. The van der Waals surface area contributed by atoms with Crippen molar-refractivity contribution < 1.29 is 4.79 Å². The fraction of sp³-hybridized carbons (Fsp3) is 0.462. The summed E-state index contributed by atoms with van der Waals surface area (Å²) in [7, 11) is 0. The normalized spacial score (nSPS) is 20.6. The lowest BCUT2D eigenvalue weighted by Gasteiger charge is -2.08. The van der Waals surface area contributed by atoms with Gasteiger partial charge in [-0.3, -0.25) is 4.79 Å². The van der Waals surface area contributed by atoms with Crippen molar-refractivity contribution in [3.8, 4) is 0 Å². The molecule has 1 aromatic rings. The van der Waals surface area contributed by atoms with Crippen molar-refractivity contribution in [3.63, 3.8) is 0 Å². The lowest BCUT2D eigenvalue weighted by atomic mass is 10.1. The highest BCUT2D eigenvalue weighted by Gasteiger charge is 2.45. The highest BCUT2D eigenvalue weighted by atomic mass is 35.5. The van der Waals surface area contributed by atoms with E-state index in [-0.39, 0.29) is 5.91 Å². The Bertz CT molecular complexity index is 477. The number of rotatable bonds is 3. The van der Waals surface area contributed by atoms with Crippen LogP contribution in [0.2, 0.25) is 10.0 Å². The summed E-state index contributed by atoms with van der Waals surface area (Å²) >= 11 is 11.8. The second-order valence-electron chi connectivity index (χ2n) is 5.45. The molecule has 5 heteroatoms. The highest BCUT2D eigenvalue weighted by molar-refractivity contribution is 6.39. The third-order valence-corrected chi connectivity index (χ3v) is 4.19. The number of nitrogens with one attached hydrogen (secondary N) is 1. The van der Waals surface area contributed by atoms with Gasteiger partial charge in [0.15, 0.2) is 0 Å². The van der Waals surface area contributed by atoms with Crippen LogP contribution in [0.4, 0.5) is 5.69 Å². The Kier molecular flexibility index (Phi) is 3.47. The molecule has 1 saturated carbocycles. The van der Waals surface area contributed by atoms with Crippen molar-refractivity contribution >= 4 is 34.8 Å². The molecule has 0 bridgehead atoms. The standard InChI is InChI=1S/C13H16Cl2N2O/c1-13(2)5-8(13)6-17-12(18)7-3-9(14)11(16)10(15)4-7/h3-4,8H,5-6,16H2,1-2H3,(H,17,18). The first-order valence-electron chi connectivity index (χ1n) is 5.84. The minimum absolute atomic E-state index is 0.165. The molecule has 18 heavy (non-hydrogen) atoms. The number of amides is 1. The highest BCUT2D eigenvalue weighted by Crippen LogP contribution is 2.51. The smallest absolute Gasteiger partial charge is 0.251 e. The molecule has 2 rings (SSSR count). The van der Waals surface area contributed by atoms with E-state index in [2.05, 4.69) is 19.2 Å². The molecular formula is C13H16Cl2N2O. The fourth-order valence-electron chi connectivity index (χ4n) is 1.96. The maximum Gasteiger partial charge on any atom is 0.251 e. The van der Waals surface area contributed by atoms with Gasteiger partial charge >= 0.3 is 0 Å². The Labute approximate surface area is 117 Å². The largest absolute Gasteiger partial charge is 0.396 e. The molecule has 0 saturated heterocycles.